The molecule has 0 bridgehead atoms. The van der Waals surface area contributed by atoms with Crippen LogP contribution in [0.2, 0.25) is 0 Å². The van der Waals surface area contributed by atoms with Crippen molar-refractivity contribution < 1.29 is 29.0 Å². The predicted octanol–water partition coefficient (Wildman–Crippen LogP) is 5.90. The summed E-state index contributed by atoms with van der Waals surface area (Å²) in [6, 6.07) is 14.6. The highest BCUT2D eigenvalue weighted by Gasteiger charge is 2.47. The Morgan fingerprint density at radius 1 is 1.07 bits per heavy atom. The van der Waals surface area contributed by atoms with Gasteiger partial charge >= 0.3 is 5.97 Å². The third kappa shape index (κ3) is 6.32. The fourth-order valence-corrected chi connectivity index (χ4v) is 4.90. The summed E-state index contributed by atoms with van der Waals surface area (Å²) in [6.07, 6.45) is 3.04. The molecule has 8 heteroatoms. The average molecular weight is 557 g/mol. The van der Waals surface area contributed by atoms with Crippen molar-refractivity contribution in [1.29, 1.82) is 0 Å². The number of hydrogen-bond donors (Lipinski definition) is 1. The van der Waals surface area contributed by atoms with Gasteiger partial charge in [0.1, 0.15) is 11.5 Å². The molecule has 0 aliphatic carbocycles. The lowest BCUT2D eigenvalue weighted by Crippen LogP contribution is -2.29. The summed E-state index contributed by atoms with van der Waals surface area (Å²) in [5.41, 5.74) is 2.66. The lowest BCUT2D eigenvalue weighted by atomic mass is 9.84. The molecule has 2 heterocycles. The van der Waals surface area contributed by atoms with Crippen LogP contribution in [0.3, 0.4) is 0 Å². The van der Waals surface area contributed by atoms with E-state index in [0.29, 0.717) is 34.7 Å². The van der Waals surface area contributed by atoms with E-state index in [0.717, 1.165) is 5.56 Å². The minimum Gasteiger partial charge on any atom is -0.507 e. The van der Waals surface area contributed by atoms with Gasteiger partial charge in [-0.05, 0) is 73.7 Å². The zero-order valence-corrected chi connectivity index (χ0v) is 24.3. The zero-order chi connectivity index (χ0) is 29.9. The highest BCUT2D eigenvalue weighted by atomic mass is 16.5. The van der Waals surface area contributed by atoms with Crippen LogP contribution in [-0.4, -0.2) is 40.5 Å². The summed E-state index contributed by atoms with van der Waals surface area (Å²) >= 11 is 0. The number of ether oxygens (including phenoxy) is 2. The largest absolute Gasteiger partial charge is 0.507 e. The summed E-state index contributed by atoms with van der Waals surface area (Å²) in [5, 5.41) is 11.6. The van der Waals surface area contributed by atoms with Gasteiger partial charge in [0.05, 0.1) is 30.7 Å². The molecule has 4 rings (SSSR count). The average Bonchev–Trinajstić information content (AvgIpc) is 3.18. The molecule has 1 atom stereocenters. The van der Waals surface area contributed by atoms with Gasteiger partial charge in [-0.25, -0.2) is 0 Å². The van der Waals surface area contributed by atoms with Crippen molar-refractivity contribution in [1.82, 2.24) is 4.98 Å². The molecule has 8 nitrogen and oxygen atoms in total. The summed E-state index contributed by atoms with van der Waals surface area (Å²) in [6.45, 7) is 12.1. The van der Waals surface area contributed by atoms with E-state index in [-0.39, 0.29) is 35.2 Å². The van der Waals surface area contributed by atoms with Gasteiger partial charge < -0.3 is 14.6 Å². The molecule has 41 heavy (non-hydrogen) atoms. The van der Waals surface area contributed by atoms with Gasteiger partial charge in [-0.2, -0.15) is 0 Å². The number of ketones is 1. The van der Waals surface area contributed by atoms with Crippen LogP contribution in [-0.2, 0) is 31.0 Å². The standard InChI is InChI=1S/C33H36N2O6/c1-7-40-26-15-12-22(18-25(26)33(4,5)6)30(37)28-29(23-9-8-16-34-19-23)35(32(39)31(28)38)24-13-10-21(11-14-24)17-27(36)41-20(2)3/h8-16,18-20,29,37H,7,17H2,1-6H3/b30-28-. The number of Topliss-reactive ketones (excluding diaryl/α,β-unsaturated/α-hetero) is 1. The zero-order valence-electron chi connectivity index (χ0n) is 24.3. The van der Waals surface area contributed by atoms with Gasteiger partial charge in [0.25, 0.3) is 11.7 Å². The van der Waals surface area contributed by atoms with Crippen LogP contribution in [0.15, 0.2) is 72.6 Å². The number of nitrogens with zero attached hydrogens (tertiary/aromatic N) is 2. The number of aliphatic hydroxyl groups excluding tert-OH is 1. The number of carbonyl (C=O) groups excluding carboxylic acids is 3. The molecular formula is C33H36N2O6. The number of rotatable bonds is 8. The molecule has 1 aromatic heterocycles. The molecule has 0 saturated carbocycles. The first kappa shape index (κ1) is 29.5. The molecule has 214 valence electrons. The van der Waals surface area contributed by atoms with E-state index in [2.05, 4.69) is 4.98 Å². The van der Waals surface area contributed by atoms with E-state index in [9.17, 15) is 19.5 Å². The first-order valence-electron chi connectivity index (χ1n) is 13.7. The highest BCUT2D eigenvalue weighted by Crippen LogP contribution is 2.43. The van der Waals surface area contributed by atoms with Crippen molar-refractivity contribution in [2.45, 2.75) is 65.5 Å². The van der Waals surface area contributed by atoms with Crippen LogP contribution in [0.1, 0.15) is 69.8 Å². The van der Waals surface area contributed by atoms with Crippen LogP contribution >= 0.6 is 0 Å². The molecule has 0 spiro atoms. The first-order chi connectivity index (χ1) is 19.4. The molecule has 1 fully saturated rings. The first-order valence-corrected chi connectivity index (χ1v) is 13.7. The summed E-state index contributed by atoms with van der Waals surface area (Å²) in [7, 11) is 0. The number of amides is 1. The van der Waals surface area contributed by atoms with Gasteiger partial charge in [0.15, 0.2) is 0 Å². The lowest BCUT2D eigenvalue weighted by Gasteiger charge is -2.26. The number of pyridine rings is 1. The molecule has 1 saturated heterocycles. The van der Waals surface area contributed by atoms with Gasteiger partial charge in [0.2, 0.25) is 0 Å². The quantitative estimate of drug-likeness (QED) is 0.159. The Kier molecular flexibility index (Phi) is 8.61. The molecule has 2 aromatic carbocycles. The Hall–Kier alpha value is -4.46. The van der Waals surface area contributed by atoms with Crippen LogP contribution in [0.4, 0.5) is 5.69 Å². The van der Waals surface area contributed by atoms with Crippen LogP contribution in [0.25, 0.3) is 5.76 Å². The molecule has 1 aliphatic rings. The fraction of sp³-hybridized carbons (Fsp3) is 0.333. The molecular weight excluding hydrogens is 520 g/mol. The fourth-order valence-electron chi connectivity index (χ4n) is 4.90. The van der Waals surface area contributed by atoms with Crippen molar-refractivity contribution in [2.75, 3.05) is 11.5 Å². The second kappa shape index (κ2) is 12.0. The topological polar surface area (TPSA) is 106 Å². The van der Waals surface area contributed by atoms with Crippen molar-refractivity contribution in [3.05, 3.63) is 94.8 Å². The van der Waals surface area contributed by atoms with Crippen LogP contribution in [0.5, 0.6) is 5.75 Å². The number of benzene rings is 2. The van der Waals surface area contributed by atoms with E-state index >= 15 is 0 Å². The van der Waals surface area contributed by atoms with E-state index in [1.165, 1.54) is 4.90 Å². The maximum atomic E-state index is 13.5. The van der Waals surface area contributed by atoms with E-state index in [1.807, 2.05) is 27.7 Å². The Labute approximate surface area is 240 Å². The molecule has 1 N–H and O–H groups in total. The number of aromatic nitrogens is 1. The summed E-state index contributed by atoms with van der Waals surface area (Å²) in [4.78, 5) is 44.7. The van der Waals surface area contributed by atoms with Crippen LogP contribution in [0, 0.1) is 0 Å². The summed E-state index contributed by atoms with van der Waals surface area (Å²) < 4.78 is 11.0. The second-order valence-corrected chi connectivity index (χ2v) is 11.2. The molecule has 1 aliphatic heterocycles. The van der Waals surface area contributed by atoms with E-state index in [4.69, 9.17) is 9.47 Å². The smallest absolute Gasteiger partial charge is 0.310 e. The highest BCUT2D eigenvalue weighted by molar-refractivity contribution is 6.51. The number of esters is 1. The number of anilines is 1. The third-order valence-corrected chi connectivity index (χ3v) is 6.74. The SMILES string of the molecule is CCOc1ccc(/C(O)=C2/C(=O)C(=O)N(c3ccc(CC(=O)OC(C)C)cc3)C2c2cccnc2)cc1C(C)(C)C. The normalized spacial score (nSPS) is 16.8. The molecule has 1 amide bonds. The molecule has 3 aromatic rings. The summed E-state index contributed by atoms with van der Waals surface area (Å²) in [5.74, 6) is -1.51. The van der Waals surface area contributed by atoms with Gasteiger partial charge in [-0.1, -0.05) is 39.0 Å². The maximum Gasteiger partial charge on any atom is 0.310 e. The Morgan fingerprint density at radius 2 is 1.78 bits per heavy atom. The Morgan fingerprint density at radius 3 is 2.37 bits per heavy atom. The lowest BCUT2D eigenvalue weighted by molar-refractivity contribution is -0.146. The monoisotopic (exact) mass is 556 g/mol. The number of hydrogen-bond acceptors (Lipinski definition) is 7. The van der Waals surface area contributed by atoms with Crippen molar-refractivity contribution in [2.24, 2.45) is 0 Å². The van der Waals surface area contributed by atoms with E-state index in [1.54, 1.807) is 80.8 Å². The molecule has 0 radical (unpaired) electrons. The van der Waals surface area contributed by atoms with Gasteiger partial charge in [-0.15, -0.1) is 0 Å². The van der Waals surface area contributed by atoms with Crippen molar-refractivity contribution in [3.63, 3.8) is 0 Å². The Balaban J connectivity index is 1.81. The third-order valence-electron chi connectivity index (χ3n) is 6.74. The second-order valence-electron chi connectivity index (χ2n) is 11.2. The van der Waals surface area contributed by atoms with Gasteiger partial charge in [-0.3, -0.25) is 24.3 Å². The number of carbonyl (C=O) groups is 3. The molecule has 1 unspecified atom stereocenters. The number of aliphatic hydroxyl groups is 1. The minimum absolute atomic E-state index is 0.0309. The van der Waals surface area contributed by atoms with Crippen LogP contribution < -0.4 is 9.64 Å². The minimum atomic E-state index is -0.912. The Bertz CT molecular complexity index is 1470. The van der Waals surface area contributed by atoms with E-state index < -0.39 is 17.7 Å². The predicted molar refractivity (Wildman–Crippen MR) is 157 cm³/mol. The van der Waals surface area contributed by atoms with Crippen molar-refractivity contribution >= 4 is 29.1 Å². The van der Waals surface area contributed by atoms with Crippen molar-refractivity contribution in [3.8, 4) is 5.75 Å². The maximum absolute atomic E-state index is 13.5. The van der Waals surface area contributed by atoms with Gasteiger partial charge in [0, 0.05) is 29.2 Å².